The quantitative estimate of drug-likeness (QED) is 0.864. The number of aromatic nitrogens is 1. The van der Waals surface area contributed by atoms with Crippen molar-refractivity contribution in [2.75, 3.05) is 12.8 Å². The van der Waals surface area contributed by atoms with Crippen molar-refractivity contribution in [3.8, 4) is 11.3 Å². The first kappa shape index (κ1) is 15.2. The number of hydrogen-bond acceptors (Lipinski definition) is 4. The largest absolute Gasteiger partial charge is 0.464 e. The number of hydrogen-bond donors (Lipinski definition) is 1. The maximum Gasteiger partial charge on any atom is 0.358 e. The first-order valence-corrected chi connectivity index (χ1v) is 6.24. The summed E-state index contributed by atoms with van der Waals surface area (Å²) < 4.78 is 32.6. The molecule has 0 saturated carbocycles. The van der Waals surface area contributed by atoms with Crippen LogP contribution in [0.5, 0.6) is 0 Å². The zero-order chi connectivity index (χ0) is 15.7. The van der Waals surface area contributed by atoms with Gasteiger partial charge in [0.2, 0.25) is 0 Å². The third kappa shape index (κ3) is 2.67. The molecule has 2 N–H and O–H groups in total. The molecule has 2 rings (SSSR count). The number of esters is 1. The average molecular weight is 313 g/mol. The number of carbonyl (C=O) groups is 1. The Kier molecular flexibility index (Phi) is 4.09. The standard InChI is InChI=1S/C14H11ClF2N2O2/c1-6-3-4-7(8(16)5-6)12-10(17)11(18)9(15)13(19-12)14(20)21-2/h3-5H,1-2H3,(H2,18,19). The Morgan fingerprint density at radius 2 is 2.05 bits per heavy atom. The predicted molar refractivity (Wildman–Crippen MR) is 75.1 cm³/mol. The first-order chi connectivity index (χ1) is 9.86. The number of nitrogen functional groups attached to an aromatic ring is 1. The van der Waals surface area contributed by atoms with Crippen molar-refractivity contribution in [1.82, 2.24) is 4.98 Å². The SMILES string of the molecule is COC(=O)c1nc(-c2ccc(C)cc2F)c(F)c(N)c1Cl. The predicted octanol–water partition coefficient (Wildman–Crippen LogP) is 3.36. The first-order valence-electron chi connectivity index (χ1n) is 5.86. The Bertz CT molecular complexity index is 735. The van der Waals surface area contributed by atoms with E-state index in [4.69, 9.17) is 17.3 Å². The summed E-state index contributed by atoms with van der Waals surface area (Å²) >= 11 is 5.77. The molecule has 4 nitrogen and oxygen atoms in total. The van der Waals surface area contributed by atoms with Crippen LogP contribution in [0.25, 0.3) is 11.3 Å². The molecule has 0 bridgehead atoms. The summed E-state index contributed by atoms with van der Waals surface area (Å²) in [5.41, 5.74) is 4.81. The van der Waals surface area contributed by atoms with Crippen LogP contribution in [0.1, 0.15) is 16.1 Å². The maximum absolute atomic E-state index is 14.2. The fourth-order valence-electron chi connectivity index (χ4n) is 1.78. The average Bonchev–Trinajstić information content (AvgIpc) is 2.45. The lowest BCUT2D eigenvalue weighted by Crippen LogP contribution is -2.10. The number of aryl methyl sites for hydroxylation is 1. The van der Waals surface area contributed by atoms with Gasteiger partial charge in [0.25, 0.3) is 0 Å². The molecule has 0 radical (unpaired) electrons. The van der Waals surface area contributed by atoms with Crippen LogP contribution >= 0.6 is 11.6 Å². The van der Waals surface area contributed by atoms with Gasteiger partial charge in [-0.25, -0.2) is 18.6 Å². The van der Waals surface area contributed by atoms with Gasteiger partial charge in [0, 0.05) is 5.56 Å². The van der Waals surface area contributed by atoms with E-state index in [-0.39, 0.29) is 16.3 Å². The minimum atomic E-state index is -0.990. The van der Waals surface area contributed by atoms with Crippen molar-refractivity contribution in [2.24, 2.45) is 0 Å². The molecule has 0 spiro atoms. The topological polar surface area (TPSA) is 65.2 Å². The number of pyridine rings is 1. The van der Waals surface area contributed by atoms with E-state index in [2.05, 4.69) is 9.72 Å². The molecule has 0 atom stereocenters. The highest BCUT2D eigenvalue weighted by Crippen LogP contribution is 2.33. The summed E-state index contributed by atoms with van der Waals surface area (Å²) in [6.45, 7) is 1.69. The van der Waals surface area contributed by atoms with Gasteiger partial charge in [0.1, 0.15) is 11.5 Å². The molecule has 21 heavy (non-hydrogen) atoms. The van der Waals surface area contributed by atoms with E-state index in [1.54, 1.807) is 13.0 Å². The van der Waals surface area contributed by atoms with Crippen LogP contribution in [-0.4, -0.2) is 18.1 Å². The van der Waals surface area contributed by atoms with E-state index in [1.807, 2.05) is 0 Å². The van der Waals surface area contributed by atoms with Crippen LogP contribution in [0.2, 0.25) is 5.02 Å². The lowest BCUT2D eigenvalue weighted by Gasteiger charge is -2.11. The number of nitrogens with zero attached hydrogens (tertiary/aromatic N) is 1. The molecule has 0 saturated heterocycles. The lowest BCUT2D eigenvalue weighted by molar-refractivity contribution is 0.0594. The molecule has 0 unspecified atom stereocenters. The zero-order valence-electron chi connectivity index (χ0n) is 11.2. The van der Waals surface area contributed by atoms with Gasteiger partial charge in [0.15, 0.2) is 11.5 Å². The van der Waals surface area contributed by atoms with Crippen molar-refractivity contribution in [1.29, 1.82) is 0 Å². The lowest BCUT2D eigenvalue weighted by atomic mass is 10.1. The van der Waals surface area contributed by atoms with Crippen molar-refractivity contribution in [3.63, 3.8) is 0 Å². The van der Waals surface area contributed by atoms with E-state index in [0.29, 0.717) is 5.56 Å². The molecule has 0 fully saturated rings. The molecular weight excluding hydrogens is 302 g/mol. The fourth-order valence-corrected chi connectivity index (χ4v) is 1.99. The molecule has 0 aliphatic carbocycles. The van der Waals surface area contributed by atoms with Gasteiger partial charge < -0.3 is 10.5 Å². The minimum Gasteiger partial charge on any atom is -0.464 e. The molecule has 1 aromatic heterocycles. The summed E-state index contributed by atoms with van der Waals surface area (Å²) in [7, 11) is 1.12. The molecule has 1 aromatic carbocycles. The molecule has 2 aromatic rings. The Morgan fingerprint density at radius 1 is 1.38 bits per heavy atom. The van der Waals surface area contributed by atoms with Gasteiger partial charge >= 0.3 is 5.97 Å². The number of anilines is 1. The van der Waals surface area contributed by atoms with Crippen LogP contribution in [0.15, 0.2) is 18.2 Å². The maximum atomic E-state index is 14.2. The van der Waals surface area contributed by atoms with Crippen LogP contribution in [-0.2, 0) is 4.74 Å². The number of methoxy groups -OCH3 is 1. The van der Waals surface area contributed by atoms with E-state index in [1.165, 1.54) is 12.1 Å². The smallest absolute Gasteiger partial charge is 0.358 e. The second-order valence-corrected chi connectivity index (χ2v) is 4.70. The van der Waals surface area contributed by atoms with E-state index < -0.39 is 29.0 Å². The number of rotatable bonds is 2. The second-order valence-electron chi connectivity index (χ2n) is 4.33. The summed E-state index contributed by atoms with van der Waals surface area (Å²) in [4.78, 5) is 15.3. The van der Waals surface area contributed by atoms with Gasteiger partial charge in [-0.3, -0.25) is 0 Å². The van der Waals surface area contributed by atoms with E-state index in [9.17, 15) is 13.6 Å². The summed E-state index contributed by atoms with van der Waals surface area (Å²) in [5.74, 6) is -2.56. The third-order valence-corrected chi connectivity index (χ3v) is 3.25. The summed E-state index contributed by atoms with van der Waals surface area (Å²) in [6.07, 6.45) is 0. The molecule has 0 amide bonds. The van der Waals surface area contributed by atoms with Gasteiger partial charge in [-0.2, -0.15) is 0 Å². The van der Waals surface area contributed by atoms with E-state index >= 15 is 0 Å². The Labute approximate surface area is 124 Å². The number of carbonyl (C=O) groups excluding carboxylic acids is 1. The van der Waals surface area contributed by atoms with Crippen LogP contribution in [0.3, 0.4) is 0 Å². The molecule has 110 valence electrons. The van der Waals surface area contributed by atoms with Crippen molar-refractivity contribution in [2.45, 2.75) is 6.92 Å². The zero-order valence-corrected chi connectivity index (χ0v) is 12.0. The number of benzene rings is 1. The monoisotopic (exact) mass is 312 g/mol. The fraction of sp³-hybridized carbons (Fsp3) is 0.143. The Morgan fingerprint density at radius 3 is 2.62 bits per heavy atom. The van der Waals surface area contributed by atoms with Crippen LogP contribution in [0, 0.1) is 18.6 Å². The number of ether oxygens (including phenoxy) is 1. The summed E-state index contributed by atoms with van der Waals surface area (Å²) in [5, 5.41) is -0.365. The molecule has 7 heteroatoms. The number of nitrogens with two attached hydrogens (primary N) is 1. The van der Waals surface area contributed by atoms with Crippen LogP contribution in [0.4, 0.5) is 14.5 Å². The Hall–Kier alpha value is -2.21. The number of halogens is 3. The highest BCUT2D eigenvalue weighted by Gasteiger charge is 2.24. The Balaban J connectivity index is 2.74. The highest BCUT2D eigenvalue weighted by atomic mass is 35.5. The van der Waals surface area contributed by atoms with Gasteiger partial charge in [-0.1, -0.05) is 17.7 Å². The molecule has 1 heterocycles. The van der Waals surface area contributed by atoms with E-state index in [0.717, 1.165) is 7.11 Å². The molecule has 0 aliphatic heterocycles. The van der Waals surface area contributed by atoms with Crippen LogP contribution < -0.4 is 5.73 Å². The van der Waals surface area contributed by atoms with Crippen molar-refractivity contribution >= 4 is 23.3 Å². The molecule has 0 aliphatic rings. The normalized spacial score (nSPS) is 10.5. The van der Waals surface area contributed by atoms with Crippen molar-refractivity contribution < 1.29 is 18.3 Å². The van der Waals surface area contributed by atoms with Gasteiger partial charge in [-0.15, -0.1) is 0 Å². The molecular formula is C14H11ClF2N2O2. The summed E-state index contributed by atoms with van der Waals surface area (Å²) in [6, 6.07) is 4.16. The van der Waals surface area contributed by atoms with Crippen molar-refractivity contribution in [3.05, 3.63) is 46.1 Å². The minimum absolute atomic E-state index is 0.119. The second kappa shape index (κ2) is 5.65. The third-order valence-electron chi connectivity index (χ3n) is 2.87. The van der Waals surface area contributed by atoms with Gasteiger partial charge in [0.05, 0.1) is 17.8 Å². The van der Waals surface area contributed by atoms with Gasteiger partial charge in [-0.05, 0) is 24.6 Å². The highest BCUT2D eigenvalue weighted by molar-refractivity contribution is 6.35.